The molecule has 13 heteroatoms. The van der Waals surface area contributed by atoms with Crippen LogP contribution in [0.5, 0.6) is 5.75 Å². The third-order valence-corrected chi connectivity index (χ3v) is 7.11. The first-order valence-electron chi connectivity index (χ1n) is 12.5. The van der Waals surface area contributed by atoms with Gasteiger partial charge in [-0.15, -0.1) is 0 Å². The number of nitrogens with zero attached hydrogens (tertiary/aromatic N) is 1. The highest BCUT2D eigenvalue weighted by Gasteiger charge is 2.41. The number of methoxy groups -OCH3 is 1. The highest BCUT2D eigenvalue weighted by atomic mass is 35.5. The van der Waals surface area contributed by atoms with Crippen molar-refractivity contribution in [2.24, 2.45) is 11.7 Å². The zero-order chi connectivity index (χ0) is 30.1. The monoisotopic (exact) mass is 595 g/mol. The van der Waals surface area contributed by atoms with Crippen LogP contribution >= 0.6 is 11.6 Å². The number of nitrogens with one attached hydrogen (secondary N) is 1. The number of aromatic nitrogens is 1. The summed E-state index contributed by atoms with van der Waals surface area (Å²) in [5.41, 5.74) is 4.96. The quantitative estimate of drug-likeness (QED) is 0.368. The van der Waals surface area contributed by atoms with E-state index in [1.807, 2.05) is 0 Å². The number of hydrogen-bond donors (Lipinski definition) is 2. The number of anilines is 1. The third-order valence-electron chi connectivity index (χ3n) is 6.87. The maximum atomic E-state index is 14.3. The lowest BCUT2D eigenvalue weighted by Gasteiger charge is -2.28. The first-order valence-corrected chi connectivity index (χ1v) is 12.8. The van der Waals surface area contributed by atoms with Crippen LogP contribution in [-0.2, 0) is 16.0 Å². The van der Waals surface area contributed by atoms with Crippen molar-refractivity contribution in [1.29, 1.82) is 0 Å². The molecular weight excluding hydrogens is 570 g/mol. The molecule has 8 nitrogen and oxygen atoms in total. The summed E-state index contributed by atoms with van der Waals surface area (Å²) in [6, 6.07) is 7.62. The minimum absolute atomic E-state index is 0.0142. The molecule has 2 aromatic carbocycles. The number of carbonyl (C=O) groups is 2. The SMILES string of the molecule is CO[C@@H](C)CC(C(=O)Nc1ccc(C(N)=O)c(F)c1)n1cc2c(cc1=O)-c1cc(Cl)ccc1C[C@@H](C(F)(F)F)CO2. The van der Waals surface area contributed by atoms with E-state index in [1.165, 1.54) is 43.6 Å². The van der Waals surface area contributed by atoms with Crippen LogP contribution < -0.4 is 21.3 Å². The normalized spacial score (nSPS) is 16.3. The standard InChI is InChI=1S/C28H26ClF4N3O5/c1-14(40-2)7-23(27(39)35-18-5-6-19(26(34)38)22(30)10-18)36-12-24-21(11-25(36)37)20-9-17(29)4-3-15(20)8-16(13-41-24)28(31,32)33/h3-6,9-12,14,16,23H,7-8,13H2,1-2H3,(H2,34,38)(H,35,39)/t14-,16+,23?/m0/s1. The molecule has 0 spiro atoms. The van der Waals surface area contributed by atoms with E-state index in [0.29, 0.717) is 11.1 Å². The highest BCUT2D eigenvalue weighted by molar-refractivity contribution is 6.30. The van der Waals surface area contributed by atoms with Crippen molar-refractivity contribution in [1.82, 2.24) is 4.57 Å². The zero-order valence-electron chi connectivity index (χ0n) is 21.9. The van der Waals surface area contributed by atoms with E-state index in [9.17, 15) is 31.9 Å². The van der Waals surface area contributed by atoms with Crippen LogP contribution in [0.1, 0.15) is 35.3 Å². The van der Waals surface area contributed by atoms with Crippen LogP contribution in [0, 0.1) is 11.7 Å². The summed E-state index contributed by atoms with van der Waals surface area (Å²) in [5.74, 6) is -4.58. The Morgan fingerprint density at radius 3 is 2.56 bits per heavy atom. The second-order valence-electron chi connectivity index (χ2n) is 9.70. The summed E-state index contributed by atoms with van der Waals surface area (Å²) in [4.78, 5) is 38.2. The number of ether oxygens (including phenoxy) is 2. The number of hydrogen-bond acceptors (Lipinski definition) is 5. The van der Waals surface area contributed by atoms with Gasteiger partial charge in [-0.1, -0.05) is 17.7 Å². The molecule has 2 amide bonds. The number of fused-ring (bicyclic) bond motifs is 3. The average Bonchev–Trinajstić information content (AvgIpc) is 2.88. The Morgan fingerprint density at radius 2 is 1.93 bits per heavy atom. The van der Waals surface area contributed by atoms with Gasteiger partial charge in [-0.05, 0) is 54.8 Å². The first kappa shape index (κ1) is 30.1. The Bertz CT molecular complexity index is 1540. The van der Waals surface area contributed by atoms with Crippen LogP contribution in [0.2, 0.25) is 5.02 Å². The number of primary amides is 1. The van der Waals surface area contributed by atoms with Gasteiger partial charge in [0.15, 0.2) is 0 Å². The molecule has 0 aliphatic carbocycles. The number of carbonyl (C=O) groups excluding carboxylic acids is 2. The predicted octanol–water partition coefficient (Wildman–Crippen LogP) is 5.12. The molecule has 0 radical (unpaired) electrons. The molecule has 3 N–H and O–H groups in total. The first-order chi connectivity index (χ1) is 19.3. The van der Waals surface area contributed by atoms with Crippen LogP contribution in [0.4, 0.5) is 23.2 Å². The maximum absolute atomic E-state index is 14.3. The van der Waals surface area contributed by atoms with Crippen molar-refractivity contribution in [2.75, 3.05) is 19.0 Å². The minimum Gasteiger partial charge on any atom is -0.491 e. The van der Waals surface area contributed by atoms with Crippen molar-refractivity contribution in [3.63, 3.8) is 0 Å². The molecule has 1 aromatic heterocycles. The van der Waals surface area contributed by atoms with Gasteiger partial charge < -0.3 is 20.5 Å². The number of pyridine rings is 1. The highest BCUT2D eigenvalue weighted by Crippen LogP contribution is 2.40. The second-order valence-corrected chi connectivity index (χ2v) is 10.1. The Balaban J connectivity index is 1.78. The van der Waals surface area contributed by atoms with Gasteiger partial charge in [0, 0.05) is 35.9 Å². The number of alkyl halides is 3. The van der Waals surface area contributed by atoms with Crippen LogP contribution in [0.3, 0.4) is 0 Å². The average molecular weight is 596 g/mol. The summed E-state index contributed by atoms with van der Waals surface area (Å²) in [6.07, 6.45) is -4.32. The molecule has 4 rings (SSSR count). The number of rotatable bonds is 7. The predicted molar refractivity (Wildman–Crippen MR) is 144 cm³/mol. The van der Waals surface area contributed by atoms with E-state index in [0.717, 1.165) is 16.7 Å². The van der Waals surface area contributed by atoms with Gasteiger partial charge in [0.05, 0.1) is 23.8 Å². The largest absolute Gasteiger partial charge is 0.491 e. The van der Waals surface area contributed by atoms with Crippen molar-refractivity contribution in [2.45, 2.75) is 38.1 Å². The smallest absolute Gasteiger partial charge is 0.395 e. The summed E-state index contributed by atoms with van der Waals surface area (Å²) in [7, 11) is 1.40. The van der Waals surface area contributed by atoms with Gasteiger partial charge in [-0.2, -0.15) is 13.2 Å². The molecule has 1 unspecified atom stereocenters. The third kappa shape index (κ3) is 6.71. The molecule has 0 saturated heterocycles. The maximum Gasteiger partial charge on any atom is 0.395 e. The molecule has 2 heterocycles. The van der Waals surface area contributed by atoms with Crippen molar-refractivity contribution < 1.29 is 36.6 Å². The van der Waals surface area contributed by atoms with E-state index in [4.69, 9.17) is 26.8 Å². The Kier molecular flexibility index (Phi) is 8.74. The number of nitrogens with two attached hydrogens (primary N) is 1. The van der Waals surface area contributed by atoms with Gasteiger partial charge in [0.25, 0.3) is 11.5 Å². The zero-order valence-corrected chi connectivity index (χ0v) is 22.7. The van der Waals surface area contributed by atoms with Crippen LogP contribution in [0.15, 0.2) is 53.5 Å². The van der Waals surface area contributed by atoms with Gasteiger partial charge in [-0.3, -0.25) is 19.0 Å². The summed E-state index contributed by atoms with van der Waals surface area (Å²) >= 11 is 6.15. The molecule has 3 aromatic rings. The molecule has 0 fully saturated rings. The Labute approximate surface area is 237 Å². The van der Waals surface area contributed by atoms with E-state index < -0.39 is 54.0 Å². The van der Waals surface area contributed by atoms with E-state index in [1.54, 1.807) is 6.92 Å². The minimum atomic E-state index is -4.56. The van der Waals surface area contributed by atoms with Gasteiger partial charge in [0.2, 0.25) is 5.91 Å². The fourth-order valence-corrected chi connectivity index (χ4v) is 4.75. The van der Waals surface area contributed by atoms with Crippen LogP contribution in [0.25, 0.3) is 11.1 Å². The van der Waals surface area contributed by atoms with Gasteiger partial charge in [0.1, 0.15) is 24.2 Å². The van der Waals surface area contributed by atoms with Crippen molar-refractivity contribution in [3.8, 4) is 16.9 Å². The molecule has 41 heavy (non-hydrogen) atoms. The lowest BCUT2D eigenvalue weighted by atomic mass is 9.91. The molecule has 0 bridgehead atoms. The number of amides is 2. The van der Waals surface area contributed by atoms with Gasteiger partial charge in [-0.25, -0.2) is 4.39 Å². The molecule has 0 saturated carbocycles. The molecule has 3 atom stereocenters. The summed E-state index contributed by atoms with van der Waals surface area (Å²) in [5, 5.41) is 2.76. The summed E-state index contributed by atoms with van der Waals surface area (Å²) in [6.45, 7) is 0.941. The van der Waals surface area contributed by atoms with E-state index in [2.05, 4.69) is 5.32 Å². The number of benzene rings is 2. The summed E-state index contributed by atoms with van der Waals surface area (Å²) < 4.78 is 67.6. The van der Waals surface area contributed by atoms with E-state index >= 15 is 0 Å². The van der Waals surface area contributed by atoms with Crippen molar-refractivity contribution in [3.05, 3.63) is 81.0 Å². The molecular formula is C28H26ClF4N3O5. The molecule has 1 aliphatic rings. The van der Waals surface area contributed by atoms with Crippen molar-refractivity contribution >= 4 is 29.1 Å². The van der Waals surface area contributed by atoms with Gasteiger partial charge >= 0.3 is 6.18 Å². The Hall–Kier alpha value is -3.90. The fraction of sp³-hybridized carbons (Fsp3) is 0.321. The molecule has 1 aliphatic heterocycles. The molecule has 218 valence electrons. The second kappa shape index (κ2) is 11.9. The Morgan fingerprint density at radius 1 is 1.20 bits per heavy atom. The lowest BCUT2D eigenvalue weighted by molar-refractivity contribution is -0.181. The van der Waals surface area contributed by atoms with Crippen LogP contribution in [-0.4, -0.2) is 42.4 Å². The topological polar surface area (TPSA) is 113 Å². The van der Waals surface area contributed by atoms with E-state index in [-0.39, 0.29) is 40.4 Å². The fourth-order valence-electron chi connectivity index (χ4n) is 4.58. The lowest BCUT2D eigenvalue weighted by Crippen LogP contribution is -2.36. The number of halogens is 5.